The Labute approximate surface area is 121 Å². The Hall–Kier alpha value is -1.71. The molecular formula is C14H11Cl2NO2. The van der Waals surface area contributed by atoms with Crippen LogP contribution in [0, 0.1) is 0 Å². The maximum Gasteiger partial charge on any atom is 0.143 e. The molecule has 0 aromatic heterocycles. The topological polar surface area (TPSA) is 41.8 Å². The van der Waals surface area contributed by atoms with Crippen molar-refractivity contribution in [1.29, 1.82) is 0 Å². The molecule has 0 atom stereocenters. The summed E-state index contributed by atoms with van der Waals surface area (Å²) < 4.78 is 0. The molecular weight excluding hydrogens is 285 g/mol. The van der Waals surface area contributed by atoms with Crippen molar-refractivity contribution in [2.45, 2.75) is 6.61 Å². The standard InChI is InChI=1S/C14H11Cl2NO2/c15-12-6-11(14(18)13(16)7-12)8-17-19-9-10-4-2-1-3-5-10/h1-8,18H,9H2/b17-8+. The average Bonchev–Trinajstić information content (AvgIpc) is 2.41. The van der Waals surface area contributed by atoms with Crippen LogP contribution in [0.1, 0.15) is 11.1 Å². The van der Waals surface area contributed by atoms with E-state index in [1.807, 2.05) is 30.3 Å². The number of aromatic hydroxyl groups is 1. The fourth-order valence-corrected chi connectivity index (χ4v) is 1.97. The average molecular weight is 296 g/mol. The Morgan fingerprint density at radius 3 is 2.63 bits per heavy atom. The van der Waals surface area contributed by atoms with Crippen molar-refractivity contribution >= 4 is 29.4 Å². The van der Waals surface area contributed by atoms with Crippen LogP contribution in [0.15, 0.2) is 47.6 Å². The van der Waals surface area contributed by atoms with Crippen molar-refractivity contribution in [3.8, 4) is 5.75 Å². The molecule has 0 unspecified atom stereocenters. The van der Waals surface area contributed by atoms with Crippen LogP contribution < -0.4 is 0 Å². The number of phenolic OH excluding ortho intramolecular Hbond substituents is 1. The SMILES string of the molecule is Oc1c(Cl)cc(Cl)cc1/C=N/OCc1ccccc1. The molecule has 5 heteroatoms. The van der Waals surface area contributed by atoms with Gasteiger partial charge in [0.1, 0.15) is 12.4 Å². The lowest BCUT2D eigenvalue weighted by atomic mass is 10.2. The van der Waals surface area contributed by atoms with E-state index < -0.39 is 0 Å². The van der Waals surface area contributed by atoms with Gasteiger partial charge in [0.05, 0.1) is 11.2 Å². The predicted molar refractivity (Wildman–Crippen MR) is 77.0 cm³/mol. The highest BCUT2D eigenvalue weighted by Gasteiger charge is 2.05. The highest BCUT2D eigenvalue weighted by Crippen LogP contribution is 2.29. The van der Waals surface area contributed by atoms with Gasteiger partial charge in [-0.15, -0.1) is 0 Å². The molecule has 19 heavy (non-hydrogen) atoms. The first-order valence-corrected chi connectivity index (χ1v) is 6.29. The molecule has 2 aromatic rings. The first kappa shape index (κ1) is 13.7. The van der Waals surface area contributed by atoms with Crippen LogP contribution in [-0.2, 0) is 11.4 Å². The van der Waals surface area contributed by atoms with E-state index in [1.54, 1.807) is 6.07 Å². The highest BCUT2D eigenvalue weighted by atomic mass is 35.5. The Morgan fingerprint density at radius 2 is 1.89 bits per heavy atom. The third kappa shape index (κ3) is 3.88. The molecule has 98 valence electrons. The maximum absolute atomic E-state index is 9.70. The smallest absolute Gasteiger partial charge is 0.143 e. The zero-order valence-electron chi connectivity index (χ0n) is 9.88. The van der Waals surface area contributed by atoms with Crippen LogP contribution in [0.3, 0.4) is 0 Å². The van der Waals surface area contributed by atoms with E-state index in [2.05, 4.69) is 5.16 Å². The van der Waals surface area contributed by atoms with Gasteiger partial charge in [-0.2, -0.15) is 0 Å². The van der Waals surface area contributed by atoms with Crippen LogP contribution in [0.2, 0.25) is 10.0 Å². The minimum Gasteiger partial charge on any atom is -0.506 e. The van der Waals surface area contributed by atoms with Gasteiger partial charge in [0.2, 0.25) is 0 Å². The van der Waals surface area contributed by atoms with Gasteiger partial charge in [-0.3, -0.25) is 0 Å². The van der Waals surface area contributed by atoms with Gasteiger partial charge in [0, 0.05) is 10.6 Å². The van der Waals surface area contributed by atoms with Crippen molar-refractivity contribution in [3.05, 3.63) is 63.6 Å². The van der Waals surface area contributed by atoms with Gasteiger partial charge in [0.15, 0.2) is 0 Å². The minimum absolute atomic E-state index is 0.0712. The zero-order chi connectivity index (χ0) is 13.7. The molecule has 0 spiro atoms. The van der Waals surface area contributed by atoms with Gasteiger partial charge in [-0.05, 0) is 17.7 Å². The first-order valence-electron chi connectivity index (χ1n) is 5.54. The Bertz CT molecular complexity index is 585. The van der Waals surface area contributed by atoms with Crippen LogP contribution in [0.5, 0.6) is 5.75 Å². The summed E-state index contributed by atoms with van der Waals surface area (Å²) in [6.07, 6.45) is 1.37. The summed E-state index contributed by atoms with van der Waals surface area (Å²) in [5, 5.41) is 14.1. The molecule has 1 N–H and O–H groups in total. The van der Waals surface area contributed by atoms with E-state index in [-0.39, 0.29) is 10.8 Å². The molecule has 0 heterocycles. The summed E-state index contributed by atoms with van der Waals surface area (Å²) in [7, 11) is 0. The van der Waals surface area contributed by atoms with Crippen LogP contribution in [0.25, 0.3) is 0 Å². The molecule has 3 nitrogen and oxygen atoms in total. The second kappa shape index (κ2) is 6.45. The third-order valence-electron chi connectivity index (χ3n) is 2.40. The van der Waals surface area contributed by atoms with Crippen molar-refractivity contribution in [1.82, 2.24) is 0 Å². The number of oxime groups is 1. The monoisotopic (exact) mass is 295 g/mol. The Balaban J connectivity index is 2.00. The Morgan fingerprint density at radius 1 is 1.16 bits per heavy atom. The summed E-state index contributed by atoms with van der Waals surface area (Å²) in [6, 6.07) is 12.7. The van der Waals surface area contributed by atoms with Crippen molar-refractivity contribution < 1.29 is 9.94 Å². The lowest BCUT2D eigenvalue weighted by Crippen LogP contribution is -1.89. The molecule has 0 saturated carbocycles. The van der Waals surface area contributed by atoms with Gasteiger partial charge in [0.25, 0.3) is 0 Å². The fourth-order valence-electron chi connectivity index (χ4n) is 1.46. The summed E-state index contributed by atoms with van der Waals surface area (Å²) in [5.41, 5.74) is 1.42. The van der Waals surface area contributed by atoms with Gasteiger partial charge < -0.3 is 9.94 Å². The van der Waals surface area contributed by atoms with Crippen LogP contribution >= 0.6 is 23.2 Å². The molecule has 0 aliphatic carbocycles. The number of nitrogens with zero attached hydrogens (tertiary/aromatic N) is 1. The van der Waals surface area contributed by atoms with E-state index >= 15 is 0 Å². The molecule has 2 aromatic carbocycles. The lowest BCUT2D eigenvalue weighted by molar-refractivity contribution is 0.132. The molecule has 2 rings (SSSR count). The largest absolute Gasteiger partial charge is 0.506 e. The van der Waals surface area contributed by atoms with Gasteiger partial charge in [-0.25, -0.2) is 0 Å². The first-order chi connectivity index (χ1) is 9.16. The fraction of sp³-hybridized carbons (Fsp3) is 0.0714. The zero-order valence-corrected chi connectivity index (χ0v) is 11.4. The number of rotatable bonds is 4. The minimum atomic E-state index is -0.0712. The molecule has 0 saturated heterocycles. The lowest BCUT2D eigenvalue weighted by Gasteiger charge is -2.02. The molecule has 0 amide bonds. The second-order valence-corrected chi connectivity index (χ2v) is 4.66. The van der Waals surface area contributed by atoms with Crippen molar-refractivity contribution in [3.63, 3.8) is 0 Å². The summed E-state index contributed by atoms with van der Waals surface area (Å²) in [6.45, 7) is 0.354. The summed E-state index contributed by atoms with van der Waals surface area (Å²) in [5.74, 6) is -0.0712. The van der Waals surface area contributed by atoms with E-state index in [0.29, 0.717) is 17.2 Å². The second-order valence-electron chi connectivity index (χ2n) is 3.82. The molecule has 0 aliphatic rings. The maximum atomic E-state index is 9.70. The van der Waals surface area contributed by atoms with Crippen molar-refractivity contribution in [2.75, 3.05) is 0 Å². The molecule has 0 aliphatic heterocycles. The van der Waals surface area contributed by atoms with E-state index in [1.165, 1.54) is 12.3 Å². The normalized spacial score (nSPS) is 10.8. The number of phenols is 1. The Kier molecular flexibility index (Phi) is 4.66. The summed E-state index contributed by atoms with van der Waals surface area (Å²) >= 11 is 11.6. The van der Waals surface area contributed by atoms with E-state index in [9.17, 15) is 5.11 Å². The predicted octanol–water partition coefficient (Wildman–Crippen LogP) is 4.25. The highest BCUT2D eigenvalue weighted by molar-refractivity contribution is 6.36. The van der Waals surface area contributed by atoms with Crippen LogP contribution in [0.4, 0.5) is 0 Å². The van der Waals surface area contributed by atoms with E-state index in [4.69, 9.17) is 28.0 Å². The van der Waals surface area contributed by atoms with Crippen molar-refractivity contribution in [2.24, 2.45) is 5.16 Å². The van der Waals surface area contributed by atoms with Gasteiger partial charge >= 0.3 is 0 Å². The quantitative estimate of drug-likeness (QED) is 0.677. The molecule has 0 bridgehead atoms. The van der Waals surface area contributed by atoms with E-state index in [0.717, 1.165) is 5.56 Å². The van der Waals surface area contributed by atoms with Gasteiger partial charge in [-0.1, -0.05) is 58.7 Å². The number of hydrogen-bond donors (Lipinski definition) is 1. The molecule has 0 radical (unpaired) electrons. The van der Waals surface area contributed by atoms with Crippen LogP contribution in [-0.4, -0.2) is 11.3 Å². The summed E-state index contributed by atoms with van der Waals surface area (Å²) in [4.78, 5) is 5.13. The molecule has 0 fully saturated rings. The third-order valence-corrected chi connectivity index (χ3v) is 2.90. The number of benzene rings is 2. The number of hydrogen-bond acceptors (Lipinski definition) is 3. The number of halogens is 2.